The number of para-hydroxylation sites is 1. The molecule has 0 saturated carbocycles. The van der Waals surface area contributed by atoms with Gasteiger partial charge in [-0.25, -0.2) is 9.78 Å². The molecule has 0 atom stereocenters. The summed E-state index contributed by atoms with van der Waals surface area (Å²) in [5.41, 5.74) is 3.11. The molecule has 0 unspecified atom stereocenters. The zero-order valence-electron chi connectivity index (χ0n) is 14.7. The van der Waals surface area contributed by atoms with Gasteiger partial charge in [-0.2, -0.15) is 4.98 Å². The number of carbonyl (C=O) groups excluding carboxylic acids is 1. The Bertz CT molecular complexity index is 920. The van der Waals surface area contributed by atoms with E-state index in [4.69, 9.17) is 9.26 Å². The van der Waals surface area contributed by atoms with E-state index in [2.05, 4.69) is 28.1 Å². The van der Waals surface area contributed by atoms with Crippen LogP contribution in [0.1, 0.15) is 35.7 Å². The van der Waals surface area contributed by atoms with Crippen LogP contribution in [-0.4, -0.2) is 34.7 Å². The molecule has 25 heavy (non-hydrogen) atoms. The van der Waals surface area contributed by atoms with Gasteiger partial charge in [-0.1, -0.05) is 30.3 Å². The van der Waals surface area contributed by atoms with E-state index >= 15 is 0 Å². The minimum absolute atomic E-state index is 0.0404. The number of nitrogens with zero attached hydrogens (tertiary/aromatic N) is 4. The molecule has 0 aliphatic heterocycles. The van der Waals surface area contributed by atoms with Crippen LogP contribution in [0, 0.1) is 6.92 Å². The summed E-state index contributed by atoms with van der Waals surface area (Å²) in [5, 5.41) is 4.65. The molecule has 3 rings (SSSR count). The maximum absolute atomic E-state index is 12.1. The fourth-order valence-electron chi connectivity index (χ4n) is 2.75. The predicted octanol–water partition coefficient (Wildman–Crippen LogP) is 3.43. The van der Waals surface area contributed by atoms with Crippen LogP contribution in [0.2, 0.25) is 0 Å². The van der Waals surface area contributed by atoms with E-state index in [0.717, 1.165) is 12.1 Å². The Labute approximate surface area is 145 Å². The standard InChI is InChI=1S/C18H20N4O3/c1-5-12-9-7-8-10-13(12)22(4)16-14-11(3)21-25-17(14)20-15(19-16)18(23)24-6-2/h7-10H,5-6H2,1-4H3. The van der Waals surface area contributed by atoms with Gasteiger partial charge in [0.05, 0.1) is 12.3 Å². The lowest BCUT2D eigenvalue weighted by Crippen LogP contribution is -2.17. The summed E-state index contributed by atoms with van der Waals surface area (Å²) in [4.78, 5) is 22.6. The molecule has 7 heteroatoms. The van der Waals surface area contributed by atoms with Crippen LogP contribution in [0.4, 0.5) is 11.5 Å². The van der Waals surface area contributed by atoms with E-state index < -0.39 is 5.97 Å². The molecular formula is C18H20N4O3. The second-order valence-electron chi connectivity index (χ2n) is 5.58. The average molecular weight is 340 g/mol. The molecular weight excluding hydrogens is 320 g/mol. The lowest BCUT2D eigenvalue weighted by molar-refractivity contribution is 0.0512. The molecule has 0 bridgehead atoms. The van der Waals surface area contributed by atoms with Crippen LogP contribution in [0.3, 0.4) is 0 Å². The van der Waals surface area contributed by atoms with Crippen LogP contribution >= 0.6 is 0 Å². The van der Waals surface area contributed by atoms with E-state index in [1.54, 1.807) is 6.92 Å². The van der Waals surface area contributed by atoms with Crippen molar-refractivity contribution in [2.75, 3.05) is 18.6 Å². The molecule has 0 spiro atoms. The summed E-state index contributed by atoms with van der Waals surface area (Å²) < 4.78 is 10.3. The minimum atomic E-state index is -0.586. The Morgan fingerprint density at radius 3 is 2.72 bits per heavy atom. The first-order valence-corrected chi connectivity index (χ1v) is 8.19. The number of ether oxygens (including phenoxy) is 1. The van der Waals surface area contributed by atoms with Crippen molar-refractivity contribution < 1.29 is 14.1 Å². The van der Waals surface area contributed by atoms with Gasteiger partial charge in [-0.3, -0.25) is 0 Å². The molecule has 0 fully saturated rings. The Balaban J connectivity index is 2.19. The highest BCUT2D eigenvalue weighted by Gasteiger charge is 2.23. The molecule has 0 aliphatic carbocycles. The number of hydrogen-bond donors (Lipinski definition) is 0. The fraction of sp³-hybridized carbons (Fsp3) is 0.333. The van der Waals surface area contributed by atoms with Crippen molar-refractivity contribution in [1.82, 2.24) is 15.1 Å². The number of carbonyl (C=O) groups is 1. The normalized spacial score (nSPS) is 10.9. The van der Waals surface area contributed by atoms with Crippen molar-refractivity contribution >= 4 is 28.6 Å². The molecule has 2 aromatic heterocycles. The highest BCUT2D eigenvalue weighted by molar-refractivity contribution is 5.95. The number of esters is 1. The van der Waals surface area contributed by atoms with E-state index in [1.165, 1.54) is 5.56 Å². The Morgan fingerprint density at radius 2 is 2.00 bits per heavy atom. The zero-order chi connectivity index (χ0) is 18.0. The quantitative estimate of drug-likeness (QED) is 0.658. The molecule has 0 N–H and O–H groups in total. The number of benzene rings is 1. The third kappa shape index (κ3) is 3.05. The lowest BCUT2D eigenvalue weighted by atomic mass is 10.1. The van der Waals surface area contributed by atoms with Crippen molar-refractivity contribution in [3.05, 3.63) is 41.3 Å². The van der Waals surface area contributed by atoms with Crippen molar-refractivity contribution in [3.8, 4) is 0 Å². The topological polar surface area (TPSA) is 81.4 Å². The number of aryl methyl sites for hydroxylation is 2. The Kier molecular flexibility index (Phi) is 4.65. The Hall–Kier alpha value is -2.96. The lowest BCUT2D eigenvalue weighted by Gasteiger charge is -2.22. The molecule has 1 aromatic carbocycles. The van der Waals surface area contributed by atoms with Crippen LogP contribution in [-0.2, 0) is 11.2 Å². The molecule has 0 amide bonds. The predicted molar refractivity (Wildman–Crippen MR) is 94.2 cm³/mol. The highest BCUT2D eigenvalue weighted by atomic mass is 16.5. The molecule has 130 valence electrons. The van der Waals surface area contributed by atoms with Gasteiger partial charge >= 0.3 is 5.97 Å². The molecule has 0 radical (unpaired) electrons. The van der Waals surface area contributed by atoms with Gasteiger partial charge in [0.2, 0.25) is 5.82 Å². The van der Waals surface area contributed by atoms with Gasteiger partial charge in [0, 0.05) is 12.7 Å². The van der Waals surface area contributed by atoms with Gasteiger partial charge in [-0.05, 0) is 31.9 Å². The molecule has 7 nitrogen and oxygen atoms in total. The van der Waals surface area contributed by atoms with Crippen molar-refractivity contribution in [1.29, 1.82) is 0 Å². The largest absolute Gasteiger partial charge is 0.460 e. The first-order valence-electron chi connectivity index (χ1n) is 8.19. The maximum atomic E-state index is 12.1. The second-order valence-corrected chi connectivity index (χ2v) is 5.58. The first kappa shape index (κ1) is 16.9. The fourth-order valence-corrected chi connectivity index (χ4v) is 2.75. The van der Waals surface area contributed by atoms with Crippen molar-refractivity contribution in [2.45, 2.75) is 27.2 Å². The molecule has 3 aromatic rings. The number of rotatable bonds is 5. The monoisotopic (exact) mass is 340 g/mol. The summed E-state index contributed by atoms with van der Waals surface area (Å²) in [5.74, 6) is -0.0640. The second kappa shape index (κ2) is 6.88. The number of aromatic nitrogens is 3. The highest BCUT2D eigenvalue weighted by Crippen LogP contribution is 2.32. The van der Waals surface area contributed by atoms with Crippen LogP contribution in [0.25, 0.3) is 11.1 Å². The average Bonchev–Trinajstić information content (AvgIpc) is 3.01. The van der Waals surface area contributed by atoms with Gasteiger partial charge in [0.1, 0.15) is 11.2 Å². The van der Waals surface area contributed by atoms with Crippen LogP contribution in [0.15, 0.2) is 28.8 Å². The van der Waals surface area contributed by atoms with Crippen molar-refractivity contribution in [2.24, 2.45) is 0 Å². The van der Waals surface area contributed by atoms with E-state index in [-0.39, 0.29) is 18.1 Å². The molecule has 2 heterocycles. The zero-order valence-corrected chi connectivity index (χ0v) is 14.7. The van der Waals surface area contributed by atoms with Gasteiger partial charge in [0.15, 0.2) is 0 Å². The molecule has 0 saturated heterocycles. The van der Waals surface area contributed by atoms with E-state index in [0.29, 0.717) is 16.9 Å². The maximum Gasteiger partial charge on any atom is 0.376 e. The number of anilines is 2. The summed E-state index contributed by atoms with van der Waals surface area (Å²) >= 11 is 0. The van der Waals surface area contributed by atoms with Gasteiger partial charge in [-0.15, -0.1) is 0 Å². The van der Waals surface area contributed by atoms with Crippen molar-refractivity contribution in [3.63, 3.8) is 0 Å². The third-order valence-corrected chi connectivity index (χ3v) is 4.00. The summed E-state index contributed by atoms with van der Waals surface area (Å²) in [7, 11) is 1.90. The number of hydrogen-bond acceptors (Lipinski definition) is 7. The smallest absolute Gasteiger partial charge is 0.376 e. The number of fused-ring (bicyclic) bond motifs is 1. The first-order chi connectivity index (χ1) is 12.1. The summed E-state index contributed by atoms with van der Waals surface area (Å²) in [6.07, 6.45) is 0.877. The SMILES string of the molecule is CCOC(=O)c1nc(N(C)c2ccccc2CC)c2c(C)noc2n1. The third-order valence-electron chi connectivity index (χ3n) is 4.00. The van der Waals surface area contributed by atoms with Gasteiger partial charge < -0.3 is 14.2 Å². The van der Waals surface area contributed by atoms with Crippen LogP contribution < -0.4 is 4.90 Å². The van der Waals surface area contributed by atoms with E-state index in [9.17, 15) is 4.79 Å². The minimum Gasteiger partial charge on any atom is -0.460 e. The van der Waals surface area contributed by atoms with E-state index in [1.807, 2.05) is 37.1 Å². The molecule has 0 aliphatic rings. The summed E-state index contributed by atoms with van der Waals surface area (Å²) in [6.45, 7) is 5.90. The van der Waals surface area contributed by atoms with Crippen LogP contribution in [0.5, 0.6) is 0 Å². The van der Waals surface area contributed by atoms with Gasteiger partial charge in [0.25, 0.3) is 5.71 Å². The summed E-state index contributed by atoms with van der Waals surface area (Å²) in [6, 6.07) is 8.05. The Morgan fingerprint density at radius 1 is 1.24 bits per heavy atom.